The van der Waals surface area contributed by atoms with Gasteiger partial charge in [0.05, 0.1) is 25.2 Å². The summed E-state index contributed by atoms with van der Waals surface area (Å²) in [6.07, 6.45) is 8.04. The van der Waals surface area contributed by atoms with Crippen molar-refractivity contribution in [2.24, 2.45) is 11.8 Å². The summed E-state index contributed by atoms with van der Waals surface area (Å²) in [6.45, 7) is 4.92. The number of aromatic nitrogens is 1. The van der Waals surface area contributed by atoms with Crippen LogP contribution in [0.3, 0.4) is 0 Å². The summed E-state index contributed by atoms with van der Waals surface area (Å²) in [5, 5.41) is 1.58. The first-order valence-corrected chi connectivity index (χ1v) is 9.47. The average Bonchev–Trinajstić information content (AvgIpc) is 2.68. The lowest BCUT2D eigenvalue weighted by molar-refractivity contribution is -0.208. The van der Waals surface area contributed by atoms with E-state index < -0.39 is 0 Å². The highest BCUT2D eigenvalue weighted by molar-refractivity contribution is 5.78. The van der Waals surface area contributed by atoms with Crippen LogP contribution >= 0.6 is 0 Å². The second-order valence-electron chi connectivity index (χ2n) is 7.42. The number of hydrogen-bond acceptors (Lipinski definition) is 5. The van der Waals surface area contributed by atoms with Crippen molar-refractivity contribution in [1.29, 1.82) is 0 Å². The summed E-state index contributed by atoms with van der Waals surface area (Å²) in [5.74, 6) is 0.493. The third kappa shape index (κ3) is 4.02. The first-order chi connectivity index (χ1) is 12.3. The fraction of sp³-hybridized carbons (Fsp3) is 0.684. The Morgan fingerprint density at radius 1 is 1.24 bits per heavy atom. The number of hydroxylamine groups is 2. The van der Waals surface area contributed by atoms with Crippen LogP contribution in [0.4, 0.5) is 0 Å². The standard InChI is InChI=1S/C19H27N3O3/c23-19(22-8-1-2-10-25-22)17-11-16-13-21(9-5-18(16)24-14-17)12-15-3-6-20-7-4-15/h3-4,6-7,16-18H,1-2,5,8-14H2/t16-,17-,18+/m0/s1. The first-order valence-electron chi connectivity index (χ1n) is 9.47. The molecule has 136 valence electrons. The van der Waals surface area contributed by atoms with Crippen LogP contribution in [0.2, 0.25) is 0 Å². The number of carbonyl (C=O) groups is 1. The number of pyridine rings is 1. The van der Waals surface area contributed by atoms with E-state index in [0.717, 1.165) is 51.9 Å². The third-order valence-electron chi connectivity index (χ3n) is 5.60. The van der Waals surface area contributed by atoms with Gasteiger partial charge in [-0.1, -0.05) is 0 Å². The molecule has 3 aliphatic rings. The van der Waals surface area contributed by atoms with Crippen molar-refractivity contribution < 1.29 is 14.4 Å². The molecular weight excluding hydrogens is 318 g/mol. The van der Waals surface area contributed by atoms with Gasteiger partial charge in [0, 0.05) is 38.6 Å². The Labute approximate surface area is 149 Å². The van der Waals surface area contributed by atoms with Crippen LogP contribution < -0.4 is 0 Å². The van der Waals surface area contributed by atoms with E-state index in [9.17, 15) is 4.79 Å². The molecule has 0 aliphatic carbocycles. The van der Waals surface area contributed by atoms with Crippen molar-refractivity contribution in [1.82, 2.24) is 14.9 Å². The summed E-state index contributed by atoms with van der Waals surface area (Å²) in [6, 6.07) is 4.15. The molecule has 1 aromatic rings. The topological polar surface area (TPSA) is 54.9 Å². The van der Waals surface area contributed by atoms with Crippen LogP contribution in [0, 0.1) is 11.8 Å². The number of ether oxygens (including phenoxy) is 1. The maximum atomic E-state index is 12.7. The minimum absolute atomic E-state index is 0.0553. The monoisotopic (exact) mass is 345 g/mol. The number of hydrogen-bond donors (Lipinski definition) is 0. The second-order valence-corrected chi connectivity index (χ2v) is 7.42. The fourth-order valence-electron chi connectivity index (χ4n) is 4.24. The Morgan fingerprint density at radius 3 is 2.92 bits per heavy atom. The second kappa shape index (κ2) is 7.81. The molecule has 6 heteroatoms. The van der Waals surface area contributed by atoms with E-state index in [1.165, 1.54) is 5.56 Å². The zero-order chi connectivity index (χ0) is 17.1. The maximum absolute atomic E-state index is 12.7. The molecule has 1 aromatic heterocycles. The van der Waals surface area contributed by atoms with Gasteiger partial charge in [0.2, 0.25) is 0 Å². The van der Waals surface area contributed by atoms with Gasteiger partial charge in [-0.3, -0.25) is 19.5 Å². The summed E-state index contributed by atoms with van der Waals surface area (Å²) in [4.78, 5) is 24.8. The molecule has 0 unspecified atom stereocenters. The minimum atomic E-state index is -0.0553. The number of rotatable bonds is 3. The zero-order valence-corrected chi connectivity index (χ0v) is 14.7. The number of amides is 1. The minimum Gasteiger partial charge on any atom is -0.377 e. The predicted octanol–water partition coefficient (Wildman–Crippen LogP) is 1.86. The van der Waals surface area contributed by atoms with Crippen molar-refractivity contribution >= 4 is 5.91 Å². The summed E-state index contributed by atoms with van der Waals surface area (Å²) >= 11 is 0. The lowest BCUT2D eigenvalue weighted by Gasteiger charge is -2.43. The molecule has 3 aliphatic heterocycles. The highest BCUT2D eigenvalue weighted by Gasteiger charge is 2.39. The molecular formula is C19H27N3O3. The van der Waals surface area contributed by atoms with Gasteiger partial charge in [-0.05, 0) is 49.3 Å². The van der Waals surface area contributed by atoms with Gasteiger partial charge >= 0.3 is 0 Å². The number of carbonyl (C=O) groups excluding carboxylic acids is 1. The molecule has 3 fully saturated rings. The van der Waals surface area contributed by atoms with Gasteiger partial charge in [0.15, 0.2) is 0 Å². The summed E-state index contributed by atoms with van der Waals surface area (Å²) in [5.41, 5.74) is 1.29. The van der Waals surface area contributed by atoms with E-state index in [-0.39, 0.29) is 11.8 Å². The molecule has 3 atom stereocenters. The van der Waals surface area contributed by atoms with Gasteiger partial charge in [-0.15, -0.1) is 0 Å². The normalized spacial score (nSPS) is 30.7. The Balaban J connectivity index is 1.34. The van der Waals surface area contributed by atoms with E-state index >= 15 is 0 Å². The molecule has 0 spiro atoms. The van der Waals surface area contributed by atoms with Gasteiger partial charge in [0.25, 0.3) is 5.91 Å². The van der Waals surface area contributed by atoms with Crippen LogP contribution in [0.15, 0.2) is 24.5 Å². The molecule has 0 N–H and O–H groups in total. The van der Waals surface area contributed by atoms with Crippen molar-refractivity contribution in [3.63, 3.8) is 0 Å². The summed E-state index contributed by atoms with van der Waals surface area (Å²) < 4.78 is 6.07. The molecule has 4 heterocycles. The van der Waals surface area contributed by atoms with Gasteiger partial charge in [-0.25, -0.2) is 5.06 Å². The maximum Gasteiger partial charge on any atom is 0.251 e. The number of fused-ring (bicyclic) bond motifs is 1. The number of likely N-dealkylation sites (tertiary alicyclic amines) is 1. The number of piperidine rings is 1. The van der Waals surface area contributed by atoms with E-state index in [2.05, 4.69) is 22.0 Å². The van der Waals surface area contributed by atoms with E-state index in [1.54, 1.807) is 5.06 Å². The Bertz CT molecular complexity index is 577. The van der Waals surface area contributed by atoms with E-state index in [1.807, 2.05) is 12.4 Å². The Morgan fingerprint density at radius 2 is 2.12 bits per heavy atom. The molecule has 1 amide bonds. The molecule has 0 bridgehead atoms. The molecule has 3 saturated heterocycles. The van der Waals surface area contributed by atoms with Crippen molar-refractivity contribution in [2.75, 3.05) is 32.8 Å². The van der Waals surface area contributed by atoms with E-state index in [4.69, 9.17) is 9.57 Å². The van der Waals surface area contributed by atoms with Crippen LogP contribution in [0.1, 0.15) is 31.2 Å². The largest absolute Gasteiger partial charge is 0.377 e. The smallest absolute Gasteiger partial charge is 0.251 e. The molecule has 25 heavy (non-hydrogen) atoms. The van der Waals surface area contributed by atoms with Crippen LogP contribution in [0.25, 0.3) is 0 Å². The van der Waals surface area contributed by atoms with Crippen LogP contribution in [0.5, 0.6) is 0 Å². The highest BCUT2D eigenvalue weighted by Crippen LogP contribution is 2.33. The zero-order valence-electron chi connectivity index (χ0n) is 14.7. The molecule has 0 saturated carbocycles. The quantitative estimate of drug-likeness (QED) is 0.837. The molecule has 0 radical (unpaired) electrons. The van der Waals surface area contributed by atoms with Gasteiger partial charge in [0.1, 0.15) is 0 Å². The lowest BCUT2D eigenvalue weighted by Crippen LogP contribution is -2.51. The Kier molecular flexibility index (Phi) is 5.29. The Hall–Kier alpha value is -1.50. The SMILES string of the molecule is O=C([C@@H]1CO[C@@H]2CCN(Cc3ccncc3)C[C@@H]2C1)N1CCCCO1. The van der Waals surface area contributed by atoms with Crippen LogP contribution in [-0.4, -0.2) is 59.8 Å². The number of nitrogens with zero attached hydrogens (tertiary/aromatic N) is 3. The predicted molar refractivity (Wildman–Crippen MR) is 92.4 cm³/mol. The summed E-state index contributed by atoms with van der Waals surface area (Å²) in [7, 11) is 0. The highest BCUT2D eigenvalue weighted by atomic mass is 16.7. The molecule has 0 aromatic carbocycles. The molecule has 4 rings (SSSR count). The van der Waals surface area contributed by atoms with Gasteiger partial charge in [-0.2, -0.15) is 0 Å². The van der Waals surface area contributed by atoms with Crippen molar-refractivity contribution in [2.45, 2.75) is 38.3 Å². The third-order valence-corrected chi connectivity index (χ3v) is 5.60. The van der Waals surface area contributed by atoms with E-state index in [0.29, 0.717) is 25.2 Å². The van der Waals surface area contributed by atoms with Crippen molar-refractivity contribution in [3.05, 3.63) is 30.1 Å². The lowest BCUT2D eigenvalue weighted by atomic mass is 9.83. The average molecular weight is 345 g/mol. The van der Waals surface area contributed by atoms with Crippen LogP contribution in [-0.2, 0) is 20.9 Å². The van der Waals surface area contributed by atoms with Crippen molar-refractivity contribution in [3.8, 4) is 0 Å². The first kappa shape index (κ1) is 16.9. The molecule has 6 nitrogen and oxygen atoms in total. The fourth-order valence-corrected chi connectivity index (χ4v) is 4.24. The van der Waals surface area contributed by atoms with Gasteiger partial charge < -0.3 is 4.74 Å².